The van der Waals surface area contributed by atoms with Crippen LogP contribution in [-0.4, -0.2) is 49.3 Å². The van der Waals surface area contributed by atoms with Crippen molar-refractivity contribution < 1.29 is 5.11 Å². The fourth-order valence-corrected chi connectivity index (χ4v) is 0.879. The molecule has 0 fully saturated rings. The maximum absolute atomic E-state index is 9.09. The van der Waals surface area contributed by atoms with Crippen LogP contribution in [0.25, 0.3) is 0 Å². The van der Waals surface area contributed by atoms with E-state index in [1.54, 1.807) is 0 Å². The molecule has 0 aliphatic heterocycles. The van der Waals surface area contributed by atoms with Crippen molar-refractivity contribution in [2.75, 3.05) is 33.8 Å². The number of nitrogens with zero attached hydrogens (tertiary/aromatic N) is 1. The van der Waals surface area contributed by atoms with E-state index in [-0.39, 0.29) is 12.1 Å². The van der Waals surface area contributed by atoms with Gasteiger partial charge in [0.1, 0.15) is 0 Å². The Morgan fingerprint density at radius 3 is 2.42 bits per heavy atom. The van der Waals surface area contributed by atoms with Crippen molar-refractivity contribution >= 4 is 0 Å². The summed E-state index contributed by atoms with van der Waals surface area (Å²) in [6.07, 6.45) is 0.977. The summed E-state index contributed by atoms with van der Waals surface area (Å²) >= 11 is 0. The Morgan fingerprint density at radius 1 is 1.50 bits per heavy atom. The van der Waals surface area contributed by atoms with Crippen LogP contribution in [0.3, 0.4) is 0 Å². The van der Waals surface area contributed by atoms with E-state index in [4.69, 9.17) is 5.11 Å². The Hall–Kier alpha value is -0.120. The normalized spacial score (nSPS) is 16.5. The average molecular weight is 174 g/mol. The summed E-state index contributed by atoms with van der Waals surface area (Å²) in [4.78, 5) is 2.24. The van der Waals surface area contributed by atoms with Crippen LogP contribution in [0.2, 0.25) is 0 Å². The molecule has 0 aromatic rings. The molecule has 0 spiro atoms. The fourth-order valence-electron chi connectivity index (χ4n) is 0.879. The average Bonchev–Trinajstić information content (AvgIpc) is 2.13. The Labute approximate surface area is 75.8 Å². The molecule has 3 heteroatoms. The van der Waals surface area contributed by atoms with Crippen molar-refractivity contribution in [1.29, 1.82) is 0 Å². The van der Waals surface area contributed by atoms with E-state index in [1.807, 2.05) is 14.0 Å². The number of nitrogens with one attached hydrogen (secondary N) is 1. The van der Waals surface area contributed by atoms with Crippen LogP contribution in [0.4, 0.5) is 0 Å². The highest BCUT2D eigenvalue weighted by molar-refractivity contribution is 4.81. The molecule has 2 N–H and O–H groups in total. The highest BCUT2D eigenvalue weighted by Crippen LogP contribution is 2.07. The molecule has 1 unspecified atom stereocenters. The molecular weight excluding hydrogens is 152 g/mol. The summed E-state index contributed by atoms with van der Waals surface area (Å²) in [7, 11) is 3.98. The summed E-state index contributed by atoms with van der Waals surface area (Å²) in [5.74, 6) is 0. The third-order valence-electron chi connectivity index (χ3n) is 2.54. The third kappa shape index (κ3) is 4.04. The van der Waals surface area contributed by atoms with Crippen LogP contribution < -0.4 is 5.32 Å². The Balaban J connectivity index is 3.72. The molecule has 0 amide bonds. The minimum atomic E-state index is -0.122. The molecule has 0 saturated carbocycles. The van der Waals surface area contributed by atoms with Gasteiger partial charge in [-0.05, 0) is 40.5 Å². The van der Waals surface area contributed by atoms with Gasteiger partial charge in [-0.1, -0.05) is 6.92 Å². The zero-order valence-electron chi connectivity index (χ0n) is 8.72. The van der Waals surface area contributed by atoms with Gasteiger partial charge in [-0.3, -0.25) is 0 Å². The van der Waals surface area contributed by atoms with Crippen molar-refractivity contribution in [2.24, 2.45) is 0 Å². The minimum absolute atomic E-state index is 0.122. The standard InChI is InChI=1S/C9H22N2O/c1-5-11(4)7-6-9(2,8-12)10-3/h10,12H,5-8H2,1-4H3. The number of hydrogen-bond acceptors (Lipinski definition) is 3. The van der Waals surface area contributed by atoms with Crippen molar-refractivity contribution in [3.63, 3.8) is 0 Å². The Bertz CT molecular complexity index is 113. The molecule has 0 aliphatic rings. The highest BCUT2D eigenvalue weighted by atomic mass is 16.3. The highest BCUT2D eigenvalue weighted by Gasteiger charge is 2.20. The number of likely N-dealkylation sites (N-methyl/N-ethyl adjacent to an activating group) is 1. The van der Waals surface area contributed by atoms with Crippen molar-refractivity contribution in [3.05, 3.63) is 0 Å². The zero-order valence-corrected chi connectivity index (χ0v) is 8.72. The Morgan fingerprint density at radius 2 is 2.08 bits per heavy atom. The van der Waals surface area contributed by atoms with Gasteiger partial charge in [-0.2, -0.15) is 0 Å². The molecular formula is C9H22N2O. The van der Waals surface area contributed by atoms with E-state index in [0.29, 0.717) is 0 Å². The Kier molecular flexibility index (Phi) is 5.46. The van der Waals surface area contributed by atoms with Crippen LogP contribution in [0, 0.1) is 0 Å². The lowest BCUT2D eigenvalue weighted by Gasteiger charge is -2.28. The SMILES string of the molecule is CCN(C)CCC(C)(CO)NC. The molecule has 1 atom stereocenters. The summed E-state index contributed by atoms with van der Waals surface area (Å²) in [5, 5.41) is 12.2. The second-order valence-electron chi connectivity index (χ2n) is 3.61. The quantitative estimate of drug-likeness (QED) is 0.608. The van der Waals surface area contributed by atoms with Crippen molar-refractivity contribution in [3.8, 4) is 0 Å². The van der Waals surface area contributed by atoms with Gasteiger partial charge in [-0.25, -0.2) is 0 Å². The van der Waals surface area contributed by atoms with Gasteiger partial charge in [0.2, 0.25) is 0 Å². The van der Waals surface area contributed by atoms with E-state index >= 15 is 0 Å². The molecule has 0 aliphatic carbocycles. The van der Waals surface area contributed by atoms with Crippen LogP contribution >= 0.6 is 0 Å². The van der Waals surface area contributed by atoms with E-state index in [9.17, 15) is 0 Å². The van der Waals surface area contributed by atoms with Crippen molar-refractivity contribution in [2.45, 2.75) is 25.8 Å². The summed E-state index contributed by atoms with van der Waals surface area (Å²) < 4.78 is 0. The largest absolute Gasteiger partial charge is 0.394 e. The molecule has 0 radical (unpaired) electrons. The smallest absolute Gasteiger partial charge is 0.0610 e. The molecule has 12 heavy (non-hydrogen) atoms. The van der Waals surface area contributed by atoms with Gasteiger partial charge in [0, 0.05) is 5.54 Å². The summed E-state index contributed by atoms with van der Waals surface area (Å²) in [5.41, 5.74) is -0.122. The lowest BCUT2D eigenvalue weighted by atomic mass is 9.99. The van der Waals surface area contributed by atoms with E-state index < -0.39 is 0 Å². The van der Waals surface area contributed by atoms with Crippen LogP contribution in [0.1, 0.15) is 20.3 Å². The second kappa shape index (κ2) is 5.51. The van der Waals surface area contributed by atoms with Gasteiger partial charge in [0.15, 0.2) is 0 Å². The van der Waals surface area contributed by atoms with Gasteiger partial charge >= 0.3 is 0 Å². The number of aliphatic hydroxyl groups excluding tert-OH is 1. The monoisotopic (exact) mass is 174 g/mol. The van der Waals surface area contributed by atoms with Crippen LogP contribution in [0.5, 0.6) is 0 Å². The zero-order chi connectivity index (χ0) is 9.61. The molecule has 3 nitrogen and oxygen atoms in total. The number of rotatable bonds is 6. The molecule has 0 aromatic heterocycles. The van der Waals surface area contributed by atoms with Gasteiger partial charge in [0.05, 0.1) is 6.61 Å². The first kappa shape index (κ1) is 11.9. The maximum atomic E-state index is 9.09. The lowest BCUT2D eigenvalue weighted by molar-refractivity contribution is 0.160. The van der Waals surface area contributed by atoms with Gasteiger partial charge in [-0.15, -0.1) is 0 Å². The third-order valence-corrected chi connectivity index (χ3v) is 2.54. The lowest BCUT2D eigenvalue weighted by Crippen LogP contribution is -2.45. The molecule has 74 valence electrons. The number of aliphatic hydroxyl groups is 1. The summed E-state index contributed by atoms with van der Waals surface area (Å²) in [6, 6.07) is 0. The molecule has 0 aromatic carbocycles. The van der Waals surface area contributed by atoms with Crippen molar-refractivity contribution in [1.82, 2.24) is 10.2 Å². The predicted molar refractivity (Wildman–Crippen MR) is 52.3 cm³/mol. The first-order valence-corrected chi connectivity index (χ1v) is 4.56. The topological polar surface area (TPSA) is 35.5 Å². The molecule has 0 saturated heterocycles. The first-order valence-electron chi connectivity index (χ1n) is 4.56. The predicted octanol–water partition coefficient (Wildman–Crippen LogP) is 0.299. The van der Waals surface area contributed by atoms with Crippen LogP contribution in [-0.2, 0) is 0 Å². The second-order valence-corrected chi connectivity index (χ2v) is 3.61. The van der Waals surface area contributed by atoms with E-state index in [1.165, 1.54) is 0 Å². The number of hydrogen-bond donors (Lipinski definition) is 2. The van der Waals surface area contributed by atoms with Gasteiger partial charge < -0.3 is 15.3 Å². The first-order chi connectivity index (χ1) is 5.58. The fraction of sp³-hybridized carbons (Fsp3) is 1.00. The molecule has 0 rings (SSSR count). The van der Waals surface area contributed by atoms with Crippen LogP contribution in [0.15, 0.2) is 0 Å². The van der Waals surface area contributed by atoms with Gasteiger partial charge in [0.25, 0.3) is 0 Å². The van der Waals surface area contributed by atoms with E-state index in [0.717, 1.165) is 19.5 Å². The maximum Gasteiger partial charge on any atom is 0.0610 e. The van der Waals surface area contributed by atoms with E-state index in [2.05, 4.69) is 24.2 Å². The summed E-state index contributed by atoms with van der Waals surface area (Å²) in [6.45, 7) is 6.45. The minimum Gasteiger partial charge on any atom is -0.394 e. The molecule has 0 bridgehead atoms. The molecule has 0 heterocycles.